The van der Waals surface area contributed by atoms with Crippen LogP contribution in [0.25, 0.3) is 0 Å². The summed E-state index contributed by atoms with van der Waals surface area (Å²) in [5, 5.41) is 12.9. The van der Waals surface area contributed by atoms with E-state index in [0.29, 0.717) is 0 Å². The second-order valence-corrected chi connectivity index (χ2v) is 6.09. The highest BCUT2D eigenvalue weighted by Gasteiger charge is 2.26. The minimum atomic E-state index is -0.0193. The first-order chi connectivity index (χ1) is 10.3. The fraction of sp³-hybridized carbons (Fsp3) is 0.588. The Morgan fingerprint density at radius 2 is 2.19 bits per heavy atom. The van der Waals surface area contributed by atoms with Gasteiger partial charge in [0.2, 0.25) is 0 Å². The number of benzene rings is 1. The average Bonchev–Trinajstić information content (AvgIpc) is 2.79. The van der Waals surface area contributed by atoms with E-state index < -0.39 is 0 Å². The van der Waals surface area contributed by atoms with Gasteiger partial charge >= 0.3 is 0 Å². The minimum absolute atomic E-state index is 0.0193. The van der Waals surface area contributed by atoms with Gasteiger partial charge in [0.15, 0.2) is 0 Å². The largest absolute Gasteiger partial charge is 0.394 e. The highest BCUT2D eigenvalue weighted by molar-refractivity contribution is 5.95. The van der Waals surface area contributed by atoms with Crippen molar-refractivity contribution in [3.8, 4) is 0 Å². The van der Waals surface area contributed by atoms with Gasteiger partial charge in [-0.05, 0) is 49.4 Å². The van der Waals surface area contributed by atoms with Crippen LogP contribution >= 0.6 is 0 Å². The van der Waals surface area contributed by atoms with Gasteiger partial charge in [-0.2, -0.15) is 0 Å². The number of hydrogen-bond donors (Lipinski definition) is 2. The number of aliphatic hydroxyl groups is 1. The van der Waals surface area contributed by atoms with Crippen molar-refractivity contribution in [3.63, 3.8) is 0 Å². The number of aryl methyl sites for hydroxylation is 1. The highest BCUT2D eigenvalue weighted by atomic mass is 16.3. The number of carbonyl (C=O) groups excluding carboxylic acids is 1. The summed E-state index contributed by atoms with van der Waals surface area (Å²) in [6.07, 6.45) is 6.35. The van der Waals surface area contributed by atoms with Crippen LogP contribution in [0.1, 0.15) is 48.0 Å². The number of anilines is 1. The van der Waals surface area contributed by atoms with Gasteiger partial charge < -0.3 is 15.3 Å². The van der Waals surface area contributed by atoms with Crippen LogP contribution in [0, 0.1) is 0 Å². The Morgan fingerprint density at radius 1 is 1.29 bits per heavy atom. The molecule has 1 aromatic carbocycles. The van der Waals surface area contributed by atoms with E-state index in [1.165, 1.54) is 5.56 Å². The van der Waals surface area contributed by atoms with Crippen molar-refractivity contribution in [1.29, 1.82) is 0 Å². The van der Waals surface area contributed by atoms with Gasteiger partial charge in [0.05, 0.1) is 12.6 Å². The molecule has 4 heteroatoms. The molecule has 4 nitrogen and oxygen atoms in total. The first kappa shape index (κ1) is 14.4. The molecule has 0 bridgehead atoms. The summed E-state index contributed by atoms with van der Waals surface area (Å²) in [6.45, 7) is 1.84. The maximum atomic E-state index is 12.8. The van der Waals surface area contributed by atoms with Crippen molar-refractivity contribution in [1.82, 2.24) is 4.90 Å². The summed E-state index contributed by atoms with van der Waals surface area (Å²) in [7, 11) is 0. The summed E-state index contributed by atoms with van der Waals surface area (Å²) in [4.78, 5) is 14.7. The van der Waals surface area contributed by atoms with Crippen molar-refractivity contribution in [2.75, 3.05) is 25.0 Å². The lowest BCUT2D eigenvalue weighted by Crippen LogP contribution is -2.42. The monoisotopic (exact) mass is 288 g/mol. The second kappa shape index (κ2) is 6.48. The molecular weight excluding hydrogens is 264 g/mol. The SMILES string of the molecule is O=C(c1ccc2c(c1)CCCN2)N1CCCCCC1CO. The van der Waals surface area contributed by atoms with Crippen molar-refractivity contribution < 1.29 is 9.90 Å². The van der Waals surface area contributed by atoms with Crippen molar-refractivity contribution in [2.24, 2.45) is 0 Å². The number of fused-ring (bicyclic) bond motifs is 1. The zero-order chi connectivity index (χ0) is 14.7. The third kappa shape index (κ3) is 3.05. The Balaban J connectivity index is 1.83. The summed E-state index contributed by atoms with van der Waals surface area (Å²) in [6, 6.07) is 5.95. The number of aliphatic hydroxyl groups excluding tert-OH is 1. The lowest BCUT2D eigenvalue weighted by atomic mass is 10.00. The lowest BCUT2D eigenvalue weighted by molar-refractivity contribution is 0.0599. The molecule has 1 atom stereocenters. The van der Waals surface area contributed by atoms with Gasteiger partial charge in [-0.25, -0.2) is 0 Å². The van der Waals surface area contributed by atoms with Crippen molar-refractivity contribution >= 4 is 11.6 Å². The maximum Gasteiger partial charge on any atom is 0.254 e. The van der Waals surface area contributed by atoms with E-state index in [9.17, 15) is 9.90 Å². The molecule has 2 aliphatic heterocycles. The molecule has 114 valence electrons. The molecule has 1 amide bonds. The minimum Gasteiger partial charge on any atom is -0.394 e. The van der Waals surface area contributed by atoms with Crippen molar-refractivity contribution in [2.45, 2.75) is 44.6 Å². The first-order valence-electron chi connectivity index (χ1n) is 8.08. The van der Waals surface area contributed by atoms with Crippen LogP contribution in [-0.4, -0.2) is 41.7 Å². The molecule has 1 unspecified atom stereocenters. The zero-order valence-electron chi connectivity index (χ0n) is 12.5. The normalized spacial score (nSPS) is 22.1. The van der Waals surface area contributed by atoms with Gasteiger partial charge in [0.25, 0.3) is 5.91 Å². The van der Waals surface area contributed by atoms with Gasteiger partial charge in [0.1, 0.15) is 0 Å². The summed E-state index contributed by atoms with van der Waals surface area (Å²) in [5.41, 5.74) is 3.16. The van der Waals surface area contributed by atoms with Gasteiger partial charge in [0, 0.05) is 24.3 Å². The van der Waals surface area contributed by atoms with Crippen molar-refractivity contribution in [3.05, 3.63) is 29.3 Å². The van der Waals surface area contributed by atoms with Crippen LogP contribution in [0.5, 0.6) is 0 Å². The van der Waals surface area contributed by atoms with Gasteiger partial charge in [-0.15, -0.1) is 0 Å². The van der Waals surface area contributed by atoms with E-state index in [-0.39, 0.29) is 18.6 Å². The number of carbonyl (C=O) groups is 1. The molecule has 2 N–H and O–H groups in total. The van der Waals surface area contributed by atoms with Crippen LogP contribution in [0.2, 0.25) is 0 Å². The Bertz CT molecular complexity index is 516. The number of amides is 1. The molecule has 1 fully saturated rings. The summed E-state index contributed by atoms with van der Waals surface area (Å²) in [5.74, 6) is 0.0734. The van der Waals surface area contributed by atoms with E-state index >= 15 is 0 Å². The third-order valence-electron chi connectivity index (χ3n) is 4.64. The number of likely N-dealkylation sites (tertiary alicyclic amines) is 1. The number of nitrogens with one attached hydrogen (secondary N) is 1. The molecule has 0 radical (unpaired) electrons. The fourth-order valence-electron chi connectivity index (χ4n) is 3.41. The van der Waals surface area contributed by atoms with E-state index in [2.05, 4.69) is 5.32 Å². The van der Waals surface area contributed by atoms with Gasteiger partial charge in [-0.1, -0.05) is 12.8 Å². The summed E-state index contributed by atoms with van der Waals surface area (Å²) >= 11 is 0. The number of nitrogens with zero attached hydrogens (tertiary/aromatic N) is 1. The van der Waals surface area contributed by atoms with Crippen LogP contribution < -0.4 is 5.32 Å². The zero-order valence-corrected chi connectivity index (χ0v) is 12.5. The molecule has 21 heavy (non-hydrogen) atoms. The first-order valence-corrected chi connectivity index (χ1v) is 8.08. The van der Waals surface area contributed by atoms with E-state index in [1.54, 1.807) is 0 Å². The standard InChI is InChI=1S/C17H24N2O2/c20-12-15-6-2-1-3-10-19(15)17(21)14-7-8-16-13(11-14)5-4-9-18-16/h7-8,11,15,18,20H,1-6,9-10,12H2. The molecule has 2 aliphatic rings. The van der Waals surface area contributed by atoms with Crippen LogP contribution in [0.3, 0.4) is 0 Å². The molecule has 0 aromatic heterocycles. The lowest BCUT2D eigenvalue weighted by Gasteiger charge is -2.29. The Morgan fingerprint density at radius 3 is 3.05 bits per heavy atom. The quantitative estimate of drug-likeness (QED) is 0.879. The summed E-state index contributed by atoms with van der Waals surface area (Å²) < 4.78 is 0. The molecule has 1 aromatic rings. The predicted octanol–water partition coefficient (Wildman–Crippen LogP) is 2.42. The molecule has 2 heterocycles. The Kier molecular flexibility index (Phi) is 4.44. The molecule has 1 saturated heterocycles. The Labute approximate surface area is 126 Å². The highest BCUT2D eigenvalue weighted by Crippen LogP contribution is 2.25. The third-order valence-corrected chi connectivity index (χ3v) is 4.64. The number of hydrogen-bond acceptors (Lipinski definition) is 3. The van der Waals surface area contributed by atoms with Crippen LogP contribution in [0.15, 0.2) is 18.2 Å². The smallest absolute Gasteiger partial charge is 0.254 e. The molecule has 3 rings (SSSR count). The number of rotatable bonds is 2. The van der Waals surface area contributed by atoms with Crippen LogP contribution in [0.4, 0.5) is 5.69 Å². The maximum absolute atomic E-state index is 12.8. The second-order valence-electron chi connectivity index (χ2n) is 6.09. The topological polar surface area (TPSA) is 52.6 Å². The van der Waals surface area contributed by atoms with E-state index in [4.69, 9.17) is 0 Å². The van der Waals surface area contributed by atoms with Crippen LogP contribution in [-0.2, 0) is 6.42 Å². The predicted molar refractivity (Wildman–Crippen MR) is 83.6 cm³/mol. The van der Waals surface area contributed by atoms with Gasteiger partial charge in [-0.3, -0.25) is 4.79 Å². The molecule has 0 saturated carbocycles. The average molecular weight is 288 g/mol. The molecular formula is C17H24N2O2. The Hall–Kier alpha value is -1.55. The van der Waals surface area contributed by atoms with E-state index in [1.807, 2.05) is 23.1 Å². The fourth-order valence-corrected chi connectivity index (χ4v) is 3.41. The molecule has 0 aliphatic carbocycles. The molecule has 0 spiro atoms. The van der Waals surface area contributed by atoms with E-state index in [0.717, 1.165) is 62.9 Å².